The molecule has 21 heavy (non-hydrogen) atoms. The molecule has 5 heteroatoms. The van der Waals surface area contributed by atoms with Crippen molar-refractivity contribution in [2.24, 2.45) is 5.92 Å². The topological polar surface area (TPSA) is 58.6 Å². The van der Waals surface area contributed by atoms with E-state index in [2.05, 4.69) is 10.2 Å². The Hall–Kier alpha value is -2.01. The summed E-state index contributed by atoms with van der Waals surface area (Å²) in [5.74, 6) is 0.803. The molecule has 1 amide bonds. The standard InChI is InChI=1S/C16H20N2O3/c19-16(15-2-1-8-21-15)17-10-13-3-6-18(7-4-13)11-14-5-9-20-12-14/h1-2,5,8-9,12-13H,3-4,6-7,10-11H2,(H,17,19). The van der Waals surface area contributed by atoms with Crippen LogP contribution in [0.3, 0.4) is 0 Å². The van der Waals surface area contributed by atoms with Crippen molar-refractivity contribution in [3.05, 3.63) is 48.3 Å². The summed E-state index contributed by atoms with van der Waals surface area (Å²) in [5.41, 5.74) is 1.22. The molecule has 5 nitrogen and oxygen atoms in total. The van der Waals surface area contributed by atoms with Gasteiger partial charge in [-0.15, -0.1) is 0 Å². The molecule has 2 aromatic heterocycles. The van der Waals surface area contributed by atoms with Crippen LogP contribution in [0, 0.1) is 5.92 Å². The van der Waals surface area contributed by atoms with Crippen molar-refractivity contribution in [2.45, 2.75) is 19.4 Å². The Kier molecular flexibility index (Phi) is 4.40. The summed E-state index contributed by atoms with van der Waals surface area (Å²) in [7, 11) is 0. The first-order chi connectivity index (χ1) is 10.3. The number of furan rings is 2. The van der Waals surface area contributed by atoms with Crippen LogP contribution >= 0.6 is 0 Å². The molecule has 3 heterocycles. The highest BCUT2D eigenvalue weighted by Gasteiger charge is 2.20. The first-order valence-electron chi connectivity index (χ1n) is 7.36. The van der Waals surface area contributed by atoms with Gasteiger partial charge in [0.05, 0.1) is 18.8 Å². The summed E-state index contributed by atoms with van der Waals surface area (Å²) < 4.78 is 10.2. The number of carbonyl (C=O) groups excluding carboxylic acids is 1. The van der Waals surface area contributed by atoms with Gasteiger partial charge in [0.15, 0.2) is 5.76 Å². The lowest BCUT2D eigenvalue weighted by Gasteiger charge is -2.31. The number of nitrogens with zero attached hydrogens (tertiary/aromatic N) is 1. The van der Waals surface area contributed by atoms with Crippen molar-refractivity contribution in [3.8, 4) is 0 Å². The Bertz CT molecular complexity index is 540. The molecule has 0 spiro atoms. The van der Waals surface area contributed by atoms with Crippen molar-refractivity contribution in [2.75, 3.05) is 19.6 Å². The maximum absolute atomic E-state index is 11.8. The molecule has 0 bridgehead atoms. The summed E-state index contributed by atoms with van der Waals surface area (Å²) in [4.78, 5) is 14.2. The van der Waals surface area contributed by atoms with Gasteiger partial charge in [-0.2, -0.15) is 0 Å². The third-order valence-corrected chi connectivity index (χ3v) is 3.99. The van der Waals surface area contributed by atoms with Gasteiger partial charge >= 0.3 is 0 Å². The fourth-order valence-electron chi connectivity index (χ4n) is 2.72. The maximum atomic E-state index is 11.8. The monoisotopic (exact) mass is 288 g/mol. The average Bonchev–Trinajstić information content (AvgIpc) is 3.19. The first-order valence-corrected chi connectivity index (χ1v) is 7.36. The van der Waals surface area contributed by atoms with Crippen molar-refractivity contribution < 1.29 is 13.6 Å². The predicted octanol–water partition coefficient (Wildman–Crippen LogP) is 2.51. The van der Waals surface area contributed by atoms with Crippen LogP contribution in [-0.4, -0.2) is 30.4 Å². The van der Waals surface area contributed by atoms with Gasteiger partial charge in [0.1, 0.15) is 0 Å². The summed E-state index contributed by atoms with van der Waals surface area (Å²) in [6.07, 6.45) is 7.25. The third kappa shape index (κ3) is 3.76. The molecule has 0 saturated carbocycles. The van der Waals surface area contributed by atoms with Gasteiger partial charge in [0.2, 0.25) is 0 Å². The van der Waals surface area contributed by atoms with E-state index in [0.717, 1.165) is 39.0 Å². The fourth-order valence-corrected chi connectivity index (χ4v) is 2.72. The van der Waals surface area contributed by atoms with E-state index in [4.69, 9.17) is 8.83 Å². The van der Waals surface area contributed by atoms with Crippen LogP contribution in [-0.2, 0) is 6.54 Å². The van der Waals surface area contributed by atoms with E-state index in [0.29, 0.717) is 11.7 Å². The number of rotatable bonds is 5. The van der Waals surface area contributed by atoms with Crippen molar-refractivity contribution >= 4 is 5.91 Å². The van der Waals surface area contributed by atoms with Gasteiger partial charge in [-0.1, -0.05) is 0 Å². The molecule has 2 aromatic rings. The molecule has 1 aliphatic rings. The van der Waals surface area contributed by atoms with Crippen LogP contribution in [0.25, 0.3) is 0 Å². The molecule has 112 valence electrons. The van der Waals surface area contributed by atoms with Crippen LogP contribution in [0.2, 0.25) is 0 Å². The molecule has 0 unspecified atom stereocenters. The number of hydrogen-bond donors (Lipinski definition) is 1. The lowest BCUT2D eigenvalue weighted by atomic mass is 9.96. The van der Waals surface area contributed by atoms with Gasteiger partial charge in [0, 0.05) is 18.7 Å². The number of carbonyl (C=O) groups is 1. The zero-order valence-corrected chi connectivity index (χ0v) is 12.0. The van der Waals surface area contributed by atoms with Crippen molar-refractivity contribution in [3.63, 3.8) is 0 Å². The maximum Gasteiger partial charge on any atom is 0.286 e. The van der Waals surface area contributed by atoms with E-state index in [9.17, 15) is 4.79 Å². The molecular weight excluding hydrogens is 268 g/mol. The second-order valence-corrected chi connectivity index (χ2v) is 5.54. The zero-order valence-electron chi connectivity index (χ0n) is 12.0. The smallest absolute Gasteiger partial charge is 0.286 e. The summed E-state index contributed by atoms with van der Waals surface area (Å²) in [6, 6.07) is 5.42. The molecule has 0 aromatic carbocycles. The Balaban J connectivity index is 1.39. The third-order valence-electron chi connectivity index (χ3n) is 3.99. The molecular formula is C16H20N2O3. The van der Waals surface area contributed by atoms with E-state index in [1.165, 1.54) is 11.8 Å². The van der Waals surface area contributed by atoms with E-state index in [-0.39, 0.29) is 5.91 Å². The molecule has 1 fully saturated rings. The Morgan fingerprint density at radius 1 is 1.29 bits per heavy atom. The van der Waals surface area contributed by atoms with E-state index < -0.39 is 0 Å². The average molecular weight is 288 g/mol. The minimum absolute atomic E-state index is 0.124. The number of piperidine rings is 1. The second kappa shape index (κ2) is 6.63. The van der Waals surface area contributed by atoms with E-state index in [1.54, 1.807) is 24.7 Å². The first kappa shape index (κ1) is 13.9. The fraction of sp³-hybridized carbons (Fsp3) is 0.438. The van der Waals surface area contributed by atoms with Gasteiger partial charge in [0.25, 0.3) is 5.91 Å². The van der Waals surface area contributed by atoms with Gasteiger partial charge in [-0.05, 0) is 50.0 Å². The van der Waals surface area contributed by atoms with Gasteiger partial charge < -0.3 is 14.2 Å². The van der Waals surface area contributed by atoms with Crippen LogP contribution < -0.4 is 5.32 Å². The Morgan fingerprint density at radius 2 is 2.14 bits per heavy atom. The highest BCUT2D eigenvalue weighted by molar-refractivity contribution is 5.91. The lowest BCUT2D eigenvalue weighted by Crippen LogP contribution is -2.38. The van der Waals surface area contributed by atoms with Gasteiger partial charge in [-0.25, -0.2) is 0 Å². The zero-order chi connectivity index (χ0) is 14.5. The van der Waals surface area contributed by atoms with E-state index >= 15 is 0 Å². The largest absolute Gasteiger partial charge is 0.472 e. The summed E-state index contributed by atoms with van der Waals surface area (Å²) in [5, 5.41) is 2.95. The van der Waals surface area contributed by atoms with Crippen LogP contribution in [0.4, 0.5) is 0 Å². The number of amides is 1. The molecule has 0 aliphatic carbocycles. The van der Waals surface area contributed by atoms with E-state index in [1.807, 2.05) is 6.07 Å². The Morgan fingerprint density at radius 3 is 2.81 bits per heavy atom. The molecule has 0 radical (unpaired) electrons. The molecule has 1 N–H and O–H groups in total. The minimum atomic E-state index is -0.124. The second-order valence-electron chi connectivity index (χ2n) is 5.54. The highest BCUT2D eigenvalue weighted by atomic mass is 16.3. The number of nitrogens with one attached hydrogen (secondary N) is 1. The van der Waals surface area contributed by atoms with Gasteiger partial charge in [-0.3, -0.25) is 9.69 Å². The minimum Gasteiger partial charge on any atom is -0.472 e. The van der Waals surface area contributed by atoms with Crippen molar-refractivity contribution in [1.82, 2.24) is 10.2 Å². The predicted molar refractivity (Wildman–Crippen MR) is 77.8 cm³/mol. The van der Waals surface area contributed by atoms with Crippen molar-refractivity contribution in [1.29, 1.82) is 0 Å². The normalized spacial score (nSPS) is 17.0. The molecule has 1 aliphatic heterocycles. The van der Waals surface area contributed by atoms with Crippen LogP contribution in [0.1, 0.15) is 29.0 Å². The quantitative estimate of drug-likeness (QED) is 0.918. The highest BCUT2D eigenvalue weighted by Crippen LogP contribution is 2.18. The van der Waals surface area contributed by atoms with Crippen LogP contribution in [0.5, 0.6) is 0 Å². The lowest BCUT2D eigenvalue weighted by molar-refractivity contribution is 0.0907. The number of likely N-dealkylation sites (tertiary alicyclic amines) is 1. The summed E-state index contributed by atoms with van der Waals surface area (Å²) in [6.45, 7) is 3.79. The SMILES string of the molecule is O=C(NCC1CCN(Cc2ccoc2)CC1)c1ccco1. The Labute approximate surface area is 123 Å². The molecule has 3 rings (SSSR count). The molecule has 1 saturated heterocycles. The summed E-state index contributed by atoms with van der Waals surface area (Å²) >= 11 is 0. The number of hydrogen-bond acceptors (Lipinski definition) is 4. The van der Waals surface area contributed by atoms with Crippen LogP contribution in [0.15, 0.2) is 45.8 Å². The molecule has 0 atom stereocenters.